The van der Waals surface area contributed by atoms with Gasteiger partial charge in [-0.05, 0) is 36.4 Å². The molecule has 0 aliphatic rings. The Morgan fingerprint density at radius 1 is 0.490 bits per heavy atom. The van der Waals surface area contributed by atoms with Crippen LogP contribution in [0.1, 0.15) is 51.5 Å². The number of hydrogen-bond acceptors (Lipinski definition) is 4. The van der Waals surface area contributed by atoms with Gasteiger partial charge < -0.3 is 0 Å². The van der Waals surface area contributed by atoms with E-state index in [-0.39, 0.29) is 0 Å². The van der Waals surface area contributed by atoms with Gasteiger partial charge in [-0.2, -0.15) is 0 Å². The molecule has 258 valence electrons. The van der Waals surface area contributed by atoms with E-state index in [1.807, 2.05) is 0 Å². The molecule has 0 aliphatic heterocycles. The van der Waals surface area contributed by atoms with Crippen LogP contribution < -0.4 is 39.9 Å². The summed E-state index contributed by atoms with van der Waals surface area (Å²) in [5, 5.41) is 5.52. The number of rotatable bonds is 15. The molecular weight excluding hydrogens is 777 g/mol. The molecule has 5 aromatic rings. The Morgan fingerprint density at radius 3 is 1.18 bits per heavy atom. The van der Waals surface area contributed by atoms with Crippen LogP contribution in [0.3, 0.4) is 0 Å². The molecule has 0 heterocycles. The summed E-state index contributed by atoms with van der Waals surface area (Å²) in [7, 11) is 0.326. The van der Waals surface area contributed by atoms with Crippen molar-refractivity contribution in [3.05, 3.63) is 145 Å². The Kier molecular flexibility index (Phi) is 15.6. The van der Waals surface area contributed by atoms with Gasteiger partial charge in [0.1, 0.15) is 15.9 Å². The number of halogens is 2. The van der Waals surface area contributed by atoms with Crippen LogP contribution in [0.25, 0.3) is 11.1 Å². The molecular formula is C41H47Cl2O4PSn. The van der Waals surface area contributed by atoms with E-state index >= 15 is 0 Å². The molecule has 0 aromatic heterocycles. The van der Waals surface area contributed by atoms with E-state index < -0.39 is 34.8 Å². The molecule has 5 aromatic carbocycles. The zero-order chi connectivity index (χ0) is 35.2. The molecule has 0 saturated heterocycles. The van der Waals surface area contributed by atoms with Gasteiger partial charge in [0.15, 0.2) is 0 Å². The normalized spacial score (nSPS) is 11.9. The maximum atomic E-state index is 8.49. The minimum absolute atomic E-state index is 1.14. The Hall–Kier alpha value is -2.25. The fourth-order valence-corrected chi connectivity index (χ4v) is 23.6. The smallest absolute Gasteiger partial charge is 0.112 e. The molecule has 4 nitrogen and oxygen atoms in total. The van der Waals surface area contributed by atoms with Crippen molar-refractivity contribution in [1.29, 1.82) is 0 Å². The molecule has 0 fully saturated rings. The van der Waals surface area contributed by atoms with Crippen molar-refractivity contribution in [2.24, 2.45) is 0 Å². The average molecular weight is 824 g/mol. The van der Waals surface area contributed by atoms with Crippen molar-refractivity contribution in [3.63, 3.8) is 0 Å². The standard InChI is InChI=1S/C33H29P.2C4H9.ClHO4.ClH.Sn/c1-2-12-27-19-21-28(22-20-27)29-23-25-33(26-24-29)34(30-13-6-3-7-14-30,31-15-8-4-9-16-31)32-17-10-5-11-18-32;2*1-3-4-2;2-1(3,4)5;;/h3-11,13-26H,1-2,12H2;2*1,3-4H2,2H3;(H,2,3,4,5);1H;/q+1;;;;;+1/p-2. The van der Waals surface area contributed by atoms with E-state index in [9.17, 15) is 0 Å². The van der Waals surface area contributed by atoms with Crippen LogP contribution in [0.15, 0.2) is 140 Å². The summed E-state index contributed by atoms with van der Waals surface area (Å²) in [5.74, 6) is 0. The van der Waals surface area contributed by atoms with Crippen molar-refractivity contribution in [1.82, 2.24) is 0 Å². The maximum Gasteiger partial charge on any atom is -0.112 e. The minimum Gasteiger partial charge on any atom is -0.222 e. The summed E-state index contributed by atoms with van der Waals surface area (Å²) in [6.45, 7) is 4.59. The van der Waals surface area contributed by atoms with Crippen LogP contribution in [0.5, 0.6) is 0 Å². The van der Waals surface area contributed by atoms with Crippen LogP contribution in [0.4, 0.5) is 0 Å². The largest absolute Gasteiger partial charge is 0.222 e. The number of benzene rings is 5. The molecule has 5 rings (SSSR count). The Morgan fingerprint density at radius 2 is 0.816 bits per heavy atom. The predicted octanol–water partition coefficient (Wildman–Crippen LogP) is 5.93. The molecule has 8 heteroatoms. The van der Waals surface area contributed by atoms with Crippen molar-refractivity contribution in [2.45, 2.75) is 65.7 Å². The van der Waals surface area contributed by atoms with Crippen molar-refractivity contribution < 1.29 is 28.9 Å². The van der Waals surface area contributed by atoms with Crippen LogP contribution in [0, 0.1) is 10.2 Å². The third kappa shape index (κ3) is 11.6. The molecule has 0 atom stereocenters. The molecule has 0 aliphatic carbocycles. The molecule has 0 radical (unpaired) electrons. The van der Waals surface area contributed by atoms with Gasteiger partial charge in [-0.15, -0.1) is 10.2 Å². The fraction of sp³-hybridized carbons (Fsp3) is 0.268. The average Bonchev–Trinajstić information content (AvgIpc) is 3.12. The van der Waals surface area contributed by atoms with Crippen LogP contribution in [-0.2, 0) is 6.42 Å². The van der Waals surface area contributed by atoms with Gasteiger partial charge in [0, 0.05) is 0 Å². The van der Waals surface area contributed by atoms with E-state index in [0.717, 1.165) is 6.42 Å². The quantitative estimate of drug-likeness (QED) is 0.0967. The van der Waals surface area contributed by atoms with Gasteiger partial charge in [-0.1, -0.05) is 54.6 Å². The van der Waals surface area contributed by atoms with Gasteiger partial charge in [-0.25, -0.2) is 18.6 Å². The molecule has 0 N–H and O–H groups in total. The second-order valence-electron chi connectivity index (χ2n) is 12.5. The number of aryl methyl sites for hydroxylation is 1. The Bertz CT molecular complexity index is 1540. The van der Waals surface area contributed by atoms with Gasteiger partial charge >= 0.3 is 170 Å². The number of unbranched alkanes of at least 4 members (excludes halogenated alkanes) is 2. The second-order valence-corrected chi connectivity index (χ2v) is 32.9. The molecule has 49 heavy (non-hydrogen) atoms. The van der Waals surface area contributed by atoms with E-state index in [1.165, 1.54) is 83.3 Å². The van der Waals surface area contributed by atoms with Crippen LogP contribution in [-0.4, -0.2) is 17.3 Å². The second kappa shape index (κ2) is 19.4. The maximum absolute atomic E-state index is 8.49. The van der Waals surface area contributed by atoms with E-state index in [2.05, 4.69) is 153 Å². The van der Waals surface area contributed by atoms with E-state index in [1.54, 1.807) is 0 Å². The van der Waals surface area contributed by atoms with E-state index in [0.29, 0.717) is 0 Å². The first-order valence-electron chi connectivity index (χ1n) is 17.2. The monoisotopic (exact) mass is 824 g/mol. The van der Waals surface area contributed by atoms with Gasteiger partial charge in [0.25, 0.3) is 0 Å². The zero-order valence-corrected chi connectivity index (χ0v) is 33.7. The molecule has 0 amide bonds. The minimum atomic E-state index is -4.94. The first kappa shape index (κ1) is 39.5. The van der Waals surface area contributed by atoms with Crippen molar-refractivity contribution >= 4 is 54.7 Å². The molecule has 0 bridgehead atoms. The summed E-state index contributed by atoms with van der Waals surface area (Å²) >= 11 is -2.45. The first-order chi connectivity index (χ1) is 23.6. The van der Waals surface area contributed by atoms with Gasteiger partial charge in [-0.3, -0.25) is 0 Å². The summed E-state index contributed by atoms with van der Waals surface area (Å²) < 4.78 is 38.0. The topological polar surface area (TPSA) is 92.2 Å². The molecule has 0 unspecified atom stereocenters. The predicted molar refractivity (Wildman–Crippen MR) is 201 cm³/mol. The van der Waals surface area contributed by atoms with Gasteiger partial charge in [0.2, 0.25) is 0 Å². The van der Waals surface area contributed by atoms with Crippen molar-refractivity contribution in [2.75, 3.05) is 0 Å². The molecule has 0 spiro atoms. The fourth-order valence-electron chi connectivity index (χ4n) is 6.56. The summed E-state index contributed by atoms with van der Waals surface area (Å²) in [6.07, 6.45) is 7.57. The SMILES string of the molecule is CCC[CH2][Sn]([Cl])([CH2]CCC)[CH2]CCc1ccc(-c2ccc([P+](c3ccccc3)(c3ccccc3)c3ccccc3)cc2)cc1.[O-][Cl+3]([O-])([O-])[O-]. The zero-order valence-electron chi connectivity index (χ0n) is 28.5. The van der Waals surface area contributed by atoms with Gasteiger partial charge in [0.05, 0.1) is 0 Å². The summed E-state index contributed by atoms with van der Waals surface area (Å²) in [4.78, 5) is 0. The van der Waals surface area contributed by atoms with E-state index in [4.69, 9.17) is 27.6 Å². The number of hydrogen-bond donors (Lipinski definition) is 0. The Labute approximate surface area is 303 Å². The van der Waals surface area contributed by atoms with Crippen LogP contribution >= 0.6 is 16.2 Å². The van der Waals surface area contributed by atoms with Crippen molar-refractivity contribution in [3.8, 4) is 11.1 Å². The first-order valence-corrected chi connectivity index (χ1v) is 29.8. The summed E-state index contributed by atoms with van der Waals surface area (Å²) in [5.41, 5.74) is 3.98. The third-order valence-corrected chi connectivity index (χ3v) is 27.8. The molecule has 0 saturated carbocycles. The summed E-state index contributed by atoms with van der Waals surface area (Å²) in [6, 6.07) is 52.0. The Balaban J connectivity index is 0.00000101. The third-order valence-electron chi connectivity index (χ3n) is 9.02. The van der Waals surface area contributed by atoms with Crippen LogP contribution in [0.2, 0.25) is 13.3 Å².